The third-order valence-electron chi connectivity index (χ3n) is 2.64. The lowest BCUT2D eigenvalue weighted by Gasteiger charge is -1.97. The number of carboxylic acid groups (broad SMARTS) is 1. The lowest BCUT2D eigenvalue weighted by molar-refractivity contribution is 0.0695. The summed E-state index contributed by atoms with van der Waals surface area (Å²) in [6.07, 6.45) is 2.82. The topological polar surface area (TPSA) is 95.9 Å². The minimum absolute atomic E-state index is 0.288. The quantitative estimate of drug-likeness (QED) is 0.741. The van der Waals surface area contributed by atoms with E-state index in [1.54, 1.807) is 18.3 Å². The third kappa shape index (κ3) is 1.80. The fraction of sp³-hybridized carbons (Fsp3) is 0. The van der Waals surface area contributed by atoms with E-state index in [1.807, 2.05) is 6.07 Å². The second-order valence-corrected chi connectivity index (χ2v) is 4.56. The van der Waals surface area contributed by atoms with Crippen LogP contribution in [0.4, 0.5) is 0 Å². The SMILES string of the molecule is O=C(O)c1c[nH]c2c(-c3ccccn3)nsc2c1=O. The molecule has 3 heterocycles. The van der Waals surface area contributed by atoms with Crippen molar-refractivity contribution in [3.63, 3.8) is 0 Å². The van der Waals surface area contributed by atoms with Crippen molar-refractivity contribution in [3.8, 4) is 11.4 Å². The Balaban J connectivity index is 2.29. The standard InChI is InChI=1S/C12H7N3O3S/c16-10-6(12(17)18)5-14-9-8(15-19-11(9)10)7-3-1-2-4-13-7/h1-5H,(H,14,16)(H,17,18). The van der Waals surface area contributed by atoms with E-state index in [4.69, 9.17) is 5.11 Å². The van der Waals surface area contributed by atoms with Crippen molar-refractivity contribution in [3.05, 3.63) is 46.4 Å². The Hall–Kier alpha value is -2.54. The third-order valence-corrected chi connectivity index (χ3v) is 3.49. The highest BCUT2D eigenvalue weighted by Crippen LogP contribution is 2.25. The molecule has 6 nitrogen and oxygen atoms in total. The molecule has 3 aromatic rings. The largest absolute Gasteiger partial charge is 0.477 e. The minimum Gasteiger partial charge on any atom is -0.477 e. The molecule has 0 aliphatic heterocycles. The average molecular weight is 273 g/mol. The van der Waals surface area contributed by atoms with Crippen LogP contribution in [0.15, 0.2) is 35.4 Å². The van der Waals surface area contributed by atoms with Gasteiger partial charge < -0.3 is 10.1 Å². The number of hydrogen-bond acceptors (Lipinski definition) is 5. The Morgan fingerprint density at radius 3 is 2.89 bits per heavy atom. The zero-order valence-corrected chi connectivity index (χ0v) is 10.3. The number of pyridine rings is 2. The average Bonchev–Trinajstić information content (AvgIpc) is 2.84. The van der Waals surface area contributed by atoms with Crippen LogP contribution in [0.1, 0.15) is 10.4 Å². The van der Waals surface area contributed by atoms with Gasteiger partial charge in [0.1, 0.15) is 16.0 Å². The number of nitrogens with zero attached hydrogens (tertiary/aromatic N) is 2. The molecule has 0 unspecified atom stereocenters. The summed E-state index contributed by atoms with van der Waals surface area (Å²) in [6, 6.07) is 5.37. The summed E-state index contributed by atoms with van der Waals surface area (Å²) in [5, 5.41) is 8.90. The highest BCUT2D eigenvalue weighted by molar-refractivity contribution is 7.13. The Morgan fingerprint density at radius 2 is 2.21 bits per heavy atom. The first-order chi connectivity index (χ1) is 9.18. The molecule has 3 rings (SSSR count). The fourth-order valence-electron chi connectivity index (χ4n) is 1.75. The van der Waals surface area contributed by atoms with Crippen LogP contribution in [0, 0.1) is 0 Å². The van der Waals surface area contributed by atoms with Crippen molar-refractivity contribution in [2.24, 2.45) is 0 Å². The summed E-state index contributed by atoms with van der Waals surface area (Å²) in [5.74, 6) is -1.25. The summed E-state index contributed by atoms with van der Waals surface area (Å²) < 4.78 is 4.47. The highest BCUT2D eigenvalue weighted by atomic mass is 32.1. The second kappa shape index (κ2) is 4.29. The number of aromatic nitrogens is 3. The molecule has 0 amide bonds. The highest BCUT2D eigenvalue weighted by Gasteiger charge is 2.17. The molecule has 0 aliphatic carbocycles. The van der Waals surface area contributed by atoms with E-state index in [1.165, 1.54) is 6.20 Å². The van der Waals surface area contributed by atoms with Gasteiger partial charge in [-0.3, -0.25) is 9.78 Å². The van der Waals surface area contributed by atoms with E-state index >= 15 is 0 Å². The van der Waals surface area contributed by atoms with Crippen molar-refractivity contribution < 1.29 is 9.90 Å². The maximum atomic E-state index is 12.0. The summed E-state index contributed by atoms with van der Waals surface area (Å²) >= 11 is 0.970. The molecule has 0 aliphatic rings. The van der Waals surface area contributed by atoms with Gasteiger partial charge in [0.25, 0.3) is 0 Å². The van der Waals surface area contributed by atoms with E-state index in [2.05, 4.69) is 14.3 Å². The molecule has 0 spiro atoms. The van der Waals surface area contributed by atoms with Crippen molar-refractivity contribution in [2.75, 3.05) is 0 Å². The van der Waals surface area contributed by atoms with Gasteiger partial charge in [0, 0.05) is 12.4 Å². The molecule has 0 fully saturated rings. The van der Waals surface area contributed by atoms with Crippen molar-refractivity contribution >= 4 is 27.7 Å². The predicted molar refractivity (Wildman–Crippen MR) is 70.4 cm³/mol. The molecule has 7 heteroatoms. The van der Waals surface area contributed by atoms with E-state index in [9.17, 15) is 9.59 Å². The zero-order valence-electron chi connectivity index (χ0n) is 9.45. The molecule has 0 saturated heterocycles. The van der Waals surface area contributed by atoms with Crippen molar-refractivity contribution in [1.29, 1.82) is 0 Å². The first-order valence-corrected chi connectivity index (χ1v) is 6.11. The molecule has 0 atom stereocenters. The molecule has 2 N–H and O–H groups in total. The second-order valence-electron chi connectivity index (χ2n) is 3.79. The minimum atomic E-state index is -1.25. The van der Waals surface area contributed by atoms with Crippen LogP contribution in [-0.4, -0.2) is 25.4 Å². The number of hydrogen-bond donors (Lipinski definition) is 2. The van der Waals surface area contributed by atoms with Gasteiger partial charge in [0.2, 0.25) is 5.43 Å². The number of H-pyrrole nitrogens is 1. The van der Waals surface area contributed by atoms with E-state index < -0.39 is 11.4 Å². The van der Waals surface area contributed by atoms with E-state index in [0.29, 0.717) is 21.6 Å². The van der Waals surface area contributed by atoms with Gasteiger partial charge in [-0.15, -0.1) is 0 Å². The Bertz CT molecular complexity index is 823. The van der Waals surface area contributed by atoms with Crippen LogP contribution in [0.25, 0.3) is 21.6 Å². The van der Waals surface area contributed by atoms with Crippen LogP contribution < -0.4 is 5.43 Å². The molecular weight excluding hydrogens is 266 g/mol. The summed E-state index contributed by atoms with van der Waals surface area (Å²) in [4.78, 5) is 29.8. The molecular formula is C12H7N3O3S. The number of aromatic amines is 1. The molecule has 0 saturated carbocycles. The Kier molecular flexibility index (Phi) is 2.60. The molecule has 0 aromatic carbocycles. The zero-order chi connectivity index (χ0) is 13.4. The van der Waals surface area contributed by atoms with E-state index in [-0.39, 0.29) is 5.56 Å². The lowest BCUT2D eigenvalue weighted by Crippen LogP contribution is -2.14. The van der Waals surface area contributed by atoms with Gasteiger partial charge >= 0.3 is 5.97 Å². The normalized spacial score (nSPS) is 10.7. The Morgan fingerprint density at radius 1 is 1.37 bits per heavy atom. The van der Waals surface area contributed by atoms with Crippen LogP contribution in [0.2, 0.25) is 0 Å². The smallest absolute Gasteiger partial charge is 0.341 e. The molecule has 19 heavy (non-hydrogen) atoms. The molecule has 94 valence electrons. The van der Waals surface area contributed by atoms with Gasteiger partial charge in [-0.1, -0.05) is 6.07 Å². The summed E-state index contributed by atoms with van der Waals surface area (Å²) in [6.45, 7) is 0. The van der Waals surface area contributed by atoms with Crippen molar-refractivity contribution in [2.45, 2.75) is 0 Å². The molecule has 0 radical (unpaired) electrons. The number of rotatable bonds is 2. The maximum absolute atomic E-state index is 12.0. The Labute approximate surface area is 110 Å². The number of carbonyl (C=O) groups is 1. The van der Waals surface area contributed by atoms with Gasteiger partial charge in [0.05, 0.1) is 11.2 Å². The monoisotopic (exact) mass is 273 g/mol. The predicted octanol–water partition coefficient (Wildman–Crippen LogP) is 1.74. The lowest BCUT2D eigenvalue weighted by atomic mass is 10.2. The van der Waals surface area contributed by atoms with Crippen LogP contribution in [0.3, 0.4) is 0 Å². The summed E-state index contributed by atoms with van der Waals surface area (Å²) in [5.41, 5.74) is 0.880. The number of nitrogens with one attached hydrogen (secondary N) is 1. The first kappa shape index (κ1) is 11.5. The van der Waals surface area contributed by atoms with Gasteiger partial charge in [-0.2, -0.15) is 4.37 Å². The molecule has 3 aromatic heterocycles. The summed E-state index contributed by atoms with van der Waals surface area (Å²) in [7, 11) is 0. The molecule has 0 bridgehead atoms. The van der Waals surface area contributed by atoms with Crippen LogP contribution in [0.5, 0.6) is 0 Å². The van der Waals surface area contributed by atoms with Crippen LogP contribution in [-0.2, 0) is 0 Å². The van der Waals surface area contributed by atoms with Crippen LogP contribution >= 0.6 is 11.5 Å². The number of carboxylic acids is 1. The first-order valence-electron chi connectivity index (χ1n) is 5.34. The maximum Gasteiger partial charge on any atom is 0.341 e. The number of fused-ring (bicyclic) bond motifs is 1. The van der Waals surface area contributed by atoms with Gasteiger partial charge in [-0.05, 0) is 23.7 Å². The number of aromatic carboxylic acids is 1. The van der Waals surface area contributed by atoms with Gasteiger partial charge in [-0.25, -0.2) is 4.79 Å². The van der Waals surface area contributed by atoms with Crippen molar-refractivity contribution in [1.82, 2.24) is 14.3 Å². The fourth-order valence-corrected chi connectivity index (χ4v) is 2.55. The van der Waals surface area contributed by atoms with Gasteiger partial charge in [0.15, 0.2) is 0 Å². The van der Waals surface area contributed by atoms with E-state index in [0.717, 1.165) is 11.5 Å².